The summed E-state index contributed by atoms with van der Waals surface area (Å²) in [4.78, 5) is 14.9. The highest BCUT2D eigenvalue weighted by atomic mass is 32.2. The molecule has 0 radical (unpaired) electrons. The number of carbonyl (C=O) groups is 1. The second kappa shape index (κ2) is 5.91. The molecule has 0 unspecified atom stereocenters. The van der Waals surface area contributed by atoms with Crippen molar-refractivity contribution in [1.82, 2.24) is 4.90 Å². The maximum Gasteiger partial charge on any atom is 0.254 e. The van der Waals surface area contributed by atoms with Crippen LogP contribution >= 0.6 is 11.8 Å². The van der Waals surface area contributed by atoms with Crippen LogP contribution in [0.15, 0.2) is 18.2 Å². The Hall–Kier alpha value is -1.16. The summed E-state index contributed by atoms with van der Waals surface area (Å²) in [5, 5.41) is 0. The SMILES string of the molecule is Cc1ccc(N)cc1C(=O)N1CCSC2(CCCCC2)C1. The molecule has 1 spiro atoms. The minimum absolute atomic E-state index is 0.157. The van der Waals surface area contributed by atoms with E-state index in [4.69, 9.17) is 5.73 Å². The molecule has 114 valence electrons. The third-order valence-electron chi connectivity index (χ3n) is 4.79. The number of hydrogen-bond acceptors (Lipinski definition) is 3. The second-order valence-electron chi connectivity index (χ2n) is 6.39. The van der Waals surface area contributed by atoms with Crippen molar-refractivity contribution in [2.24, 2.45) is 0 Å². The Morgan fingerprint density at radius 1 is 1.29 bits per heavy atom. The average molecular weight is 304 g/mol. The first kappa shape index (κ1) is 14.8. The molecule has 1 aliphatic carbocycles. The molecule has 0 aromatic heterocycles. The lowest BCUT2D eigenvalue weighted by Crippen LogP contribution is -2.50. The highest BCUT2D eigenvalue weighted by Crippen LogP contribution is 2.43. The summed E-state index contributed by atoms with van der Waals surface area (Å²) in [6.07, 6.45) is 6.50. The summed E-state index contributed by atoms with van der Waals surface area (Å²) in [6, 6.07) is 5.63. The van der Waals surface area contributed by atoms with Gasteiger partial charge in [-0.1, -0.05) is 25.3 Å². The molecule has 2 N–H and O–H groups in total. The van der Waals surface area contributed by atoms with Crippen molar-refractivity contribution in [2.45, 2.75) is 43.8 Å². The fourth-order valence-corrected chi connectivity index (χ4v) is 5.13. The Bertz CT molecular complexity index is 532. The quantitative estimate of drug-likeness (QED) is 0.808. The van der Waals surface area contributed by atoms with Crippen molar-refractivity contribution < 1.29 is 4.79 Å². The molecular formula is C17H24N2OS. The van der Waals surface area contributed by atoms with Crippen LogP contribution in [-0.2, 0) is 0 Å². The molecule has 3 nitrogen and oxygen atoms in total. The topological polar surface area (TPSA) is 46.3 Å². The number of nitrogens with zero attached hydrogens (tertiary/aromatic N) is 1. The molecule has 0 atom stereocenters. The van der Waals surface area contributed by atoms with Crippen LogP contribution in [0.3, 0.4) is 0 Å². The Balaban J connectivity index is 1.79. The molecule has 1 heterocycles. The third-order valence-corrected chi connectivity index (χ3v) is 6.33. The number of amides is 1. The Morgan fingerprint density at radius 2 is 2.05 bits per heavy atom. The summed E-state index contributed by atoms with van der Waals surface area (Å²) in [6.45, 7) is 3.76. The Kier molecular flexibility index (Phi) is 4.16. The standard InChI is InChI=1S/C17H24N2OS/c1-13-5-6-14(18)11-15(13)16(20)19-9-10-21-17(12-19)7-3-2-4-8-17/h5-6,11H,2-4,7-10,12,18H2,1H3. The van der Waals surface area contributed by atoms with E-state index in [-0.39, 0.29) is 5.91 Å². The van der Waals surface area contributed by atoms with Crippen molar-refractivity contribution in [2.75, 3.05) is 24.6 Å². The molecule has 3 rings (SSSR count). The fourth-order valence-electron chi connectivity index (χ4n) is 3.56. The number of benzene rings is 1. The predicted octanol–water partition coefficient (Wildman–Crippen LogP) is 3.47. The van der Waals surface area contributed by atoms with E-state index in [0.717, 1.165) is 30.0 Å². The Morgan fingerprint density at radius 3 is 2.81 bits per heavy atom. The molecule has 1 saturated carbocycles. The fraction of sp³-hybridized carbons (Fsp3) is 0.588. The van der Waals surface area contributed by atoms with Gasteiger partial charge in [-0.05, 0) is 37.5 Å². The van der Waals surface area contributed by atoms with E-state index in [9.17, 15) is 4.79 Å². The lowest BCUT2D eigenvalue weighted by molar-refractivity contribution is 0.0729. The lowest BCUT2D eigenvalue weighted by atomic mass is 9.87. The highest BCUT2D eigenvalue weighted by molar-refractivity contribution is 8.00. The smallest absolute Gasteiger partial charge is 0.254 e. The van der Waals surface area contributed by atoms with Gasteiger partial charge < -0.3 is 10.6 Å². The minimum Gasteiger partial charge on any atom is -0.399 e. The third kappa shape index (κ3) is 3.05. The van der Waals surface area contributed by atoms with E-state index in [1.807, 2.05) is 25.1 Å². The highest BCUT2D eigenvalue weighted by Gasteiger charge is 2.38. The first-order valence-corrected chi connectivity index (χ1v) is 8.88. The van der Waals surface area contributed by atoms with E-state index < -0.39 is 0 Å². The molecule has 0 bridgehead atoms. The molecule has 1 aromatic carbocycles. The number of thioether (sulfide) groups is 1. The lowest BCUT2D eigenvalue weighted by Gasteiger charge is -2.44. The van der Waals surface area contributed by atoms with Gasteiger partial charge in [0.25, 0.3) is 5.91 Å². The van der Waals surface area contributed by atoms with Crippen LogP contribution in [0, 0.1) is 6.92 Å². The van der Waals surface area contributed by atoms with Crippen LogP contribution < -0.4 is 5.73 Å². The van der Waals surface area contributed by atoms with Gasteiger partial charge in [-0.15, -0.1) is 0 Å². The average Bonchev–Trinajstić information content (AvgIpc) is 2.50. The van der Waals surface area contributed by atoms with Crippen LogP contribution in [0.4, 0.5) is 5.69 Å². The van der Waals surface area contributed by atoms with E-state index >= 15 is 0 Å². The number of rotatable bonds is 1. The predicted molar refractivity (Wildman–Crippen MR) is 89.8 cm³/mol. The van der Waals surface area contributed by atoms with Crippen molar-refractivity contribution in [3.05, 3.63) is 29.3 Å². The number of hydrogen-bond donors (Lipinski definition) is 1. The largest absolute Gasteiger partial charge is 0.399 e. The monoisotopic (exact) mass is 304 g/mol. The van der Waals surface area contributed by atoms with Crippen LogP contribution in [0.25, 0.3) is 0 Å². The normalized spacial score (nSPS) is 21.5. The molecule has 2 fully saturated rings. The van der Waals surface area contributed by atoms with Crippen LogP contribution in [0.2, 0.25) is 0 Å². The zero-order valence-corrected chi connectivity index (χ0v) is 13.5. The molecule has 1 aromatic rings. The summed E-state index contributed by atoms with van der Waals surface area (Å²) in [5.41, 5.74) is 8.32. The molecule has 1 saturated heterocycles. The van der Waals surface area contributed by atoms with Crippen molar-refractivity contribution >= 4 is 23.4 Å². The van der Waals surface area contributed by atoms with Gasteiger partial charge in [0.15, 0.2) is 0 Å². The van der Waals surface area contributed by atoms with Crippen LogP contribution in [0.5, 0.6) is 0 Å². The molecule has 1 amide bonds. The summed E-state index contributed by atoms with van der Waals surface area (Å²) in [7, 11) is 0. The zero-order chi connectivity index (χ0) is 14.9. The van der Waals surface area contributed by atoms with Gasteiger partial charge in [0.1, 0.15) is 0 Å². The van der Waals surface area contributed by atoms with E-state index in [1.54, 1.807) is 0 Å². The number of carbonyl (C=O) groups excluding carboxylic acids is 1. The number of anilines is 1. The second-order valence-corrected chi connectivity index (χ2v) is 7.96. The number of nitrogens with two attached hydrogens (primary N) is 1. The van der Waals surface area contributed by atoms with Gasteiger partial charge >= 0.3 is 0 Å². The minimum atomic E-state index is 0.157. The van der Waals surface area contributed by atoms with E-state index in [2.05, 4.69) is 16.7 Å². The number of nitrogen functional groups attached to an aromatic ring is 1. The van der Waals surface area contributed by atoms with Gasteiger partial charge in [-0.25, -0.2) is 0 Å². The van der Waals surface area contributed by atoms with E-state index in [0.29, 0.717) is 10.4 Å². The molecular weight excluding hydrogens is 280 g/mol. The zero-order valence-electron chi connectivity index (χ0n) is 12.7. The molecule has 4 heteroatoms. The van der Waals surface area contributed by atoms with Gasteiger partial charge in [-0.2, -0.15) is 11.8 Å². The van der Waals surface area contributed by atoms with Crippen molar-refractivity contribution in [3.63, 3.8) is 0 Å². The van der Waals surface area contributed by atoms with Gasteiger partial charge in [0, 0.05) is 34.8 Å². The number of aryl methyl sites for hydroxylation is 1. The maximum atomic E-state index is 12.9. The maximum absolute atomic E-state index is 12.9. The van der Waals surface area contributed by atoms with Crippen molar-refractivity contribution in [1.29, 1.82) is 0 Å². The Labute approximate surface area is 131 Å². The van der Waals surface area contributed by atoms with Crippen LogP contribution in [0.1, 0.15) is 48.0 Å². The first-order valence-electron chi connectivity index (χ1n) is 7.89. The van der Waals surface area contributed by atoms with Crippen molar-refractivity contribution in [3.8, 4) is 0 Å². The molecule has 2 aliphatic rings. The molecule has 1 aliphatic heterocycles. The summed E-state index contributed by atoms with van der Waals surface area (Å²) in [5.74, 6) is 1.22. The first-order chi connectivity index (χ1) is 10.1. The van der Waals surface area contributed by atoms with Crippen LogP contribution in [-0.4, -0.2) is 34.4 Å². The molecule has 21 heavy (non-hydrogen) atoms. The van der Waals surface area contributed by atoms with Gasteiger partial charge in [-0.3, -0.25) is 4.79 Å². The van der Waals surface area contributed by atoms with Gasteiger partial charge in [0.2, 0.25) is 0 Å². The summed E-state index contributed by atoms with van der Waals surface area (Å²) >= 11 is 2.09. The summed E-state index contributed by atoms with van der Waals surface area (Å²) < 4.78 is 0.320. The van der Waals surface area contributed by atoms with Gasteiger partial charge in [0.05, 0.1) is 0 Å². The van der Waals surface area contributed by atoms with E-state index in [1.165, 1.54) is 32.1 Å².